The van der Waals surface area contributed by atoms with Crippen LogP contribution in [-0.2, 0) is 5.41 Å². The Hall–Kier alpha value is -0.920. The molecule has 0 fully saturated rings. The molecule has 1 rings (SSSR count). The third-order valence-corrected chi connectivity index (χ3v) is 2.19. The molecule has 0 aliphatic rings. The van der Waals surface area contributed by atoms with Crippen molar-refractivity contribution in [3.63, 3.8) is 0 Å². The summed E-state index contributed by atoms with van der Waals surface area (Å²) >= 11 is 0. The Labute approximate surface area is 80.4 Å². The highest BCUT2D eigenvalue weighted by molar-refractivity contribution is 5.29. The summed E-state index contributed by atoms with van der Waals surface area (Å²) in [5, 5.41) is 7.87. The zero-order valence-corrected chi connectivity index (χ0v) is 9.13. The first-order valence-corrected chi connectivity index (χ1v) is 4.74. The Morgan fingerprint density at radius 1 is 1.08 bits per heavy atom. The molecular formula is C11H18N2. The van der Waals surface area contributed by atoms with E-state index in [-0.39, 0.29) is 5.41 Å². The van der Waals surface area contributed by atoms with Crippen molar-refractivity contribution in [3.05, 3.63) is 23.5 Å². The summed E-state index contributed by atoms with van der Waals surface area (Å²) in [6, 6.07) is 0. The second-order valence-electron chi connectivity index (χ2n) is 4.76. The number of hydrogen-bond acceptors (Lipinski definition) is 2. The van der Waals surface area contributed by atoms with Crippen molar-refractivity contribution in [3.8, 4) is 0 Å². The third kappa shape index (κ3) is 2.27. The van der Waals surface area contributed by atoms with Gasteiger partial charge in [-0.2, -0.15) is 10.2 Å². The van der Waals surface area contributed by atoms with Crippen LogP contribution in [0.5, 0.6) is 0 Å². The van der Waals surface area contributed by atoms with Crippen molar-refractivity contribution in [1.82, 2.24) is 10.2 Å². The highest BCUT2D eigenvalue weighted by Gasteiger charge is 2.19. The molecular weight excluding hydrogens is 160 g/mol. The molecule has 1 aromatic heterocycles. The Kier molecular flexibility index (Phi) is 2.69. The van der Waals surface area contributed by atoms with Gasteiger partial charge in [0.1, 0.15) is 0 Å². The van der Waals surface area contributed by atoms with Gasteiger partial charge in [-0.1, -0.05) is 34.6 Å². The minimum atomic E-state index is 0.162. The first-order chi connectivity index (χ1) is 5.93. The van der Waals surface area contributed by atoms with Crippen LogP contribution in [0.25, 0.3) is 0 Å². The first kappa shape index (κ1) is 10.2. The standard InChI is InChI=1S/C11H18N2/c1-8(2)9-6-12-13-7-10(9)11(3,4)5/h6-8H,1-5H3. The van der Waals surface area contributed by atoms with E-state index in [1.54, 1.807) is 0 Å². The lowest BCUT2D eigenvalue weighted by molar-refractivity contribution is 0.570. The fourth-order valence-corrected chi connectivity index (χ4v) is 1.42. The average Bonchev–Trinajstić information content (AvgIpc) is 2.03. The van der Waals surface area contributed by atoms with Crippen LogP contribution >= 0.6 is 0 Å². The van der Waals surface area contributed by atoms with Crippen molar-refractivity contribution in [1.29, 1.82) is 0 Å². The van der Waals surface area contributed by atoms with Gasteiger partial charge >= 0.3 is 0 Å². The lowest BCUT2D eigenvalue weighted by atomic mass is 9.83. The van der Waals surface area contributed by atoms with Crippen molar-refractivity contribution in [2.75, 3.05) is 0 Å². The smallest absolute Gasteiger partial charge is 0.0536 e. The molecule has 0 saturated heterocycles. The van der Waals surface area contributed by atoms with Gasteiger partial charge in [-0.3, -0.25) is 0 Å². The Bertz CT molecular complexity index is 284. The van der Waals surface area contributed by atoms with Crippen molar-refractivity contribution in [2.45, 2.75) is 46.0 Å². The lowest BCUT2D eigenvalue weighted by Crippen LogP contribution is -2.15. The van der Waals surface area contributed by atoms with Crippen molar-refractivity contribution in [2.24, 2.45) is 0 Å². The number of aromatic nitrogens is 2. The molecule has 0 radical (unpaired) electrons. The zero-order chi connectivity index (χ0) is 10.1. The maximum Gasteiger partial charge on any atom is 0.0536 e. The number of hydrogen-bond donors (Lipinski definition) is 0. The average molecular weight is 178 g/mol. The molecule has 72 valence electrons. The van der Waals surface area contributed by atoms with Crippen LogP contribution in [0.2, 0.25) is 0 Å². The van der Waals surface area contributed by atoms with Crippen LogP contribution < -0.4 is 0 Å². The quantitative estimate of drug-likeness (QED) is 0.660. The predicted molar refractivity (Wildman–Crippen MR) is 54.8 cm³/mol. The van der Waals surface area contributed by atoms with Gasteiger partial charge in [-0.25, -0.2) is 0 Å². The van der Waals surface area contributed by atoms with Gasteiger partial charge in [0.05, 0.1) is 12.4 Å². The van der Waals surface area contributed by atoms with Gasteiger partial charge < -0.3 is 0 Å². The summed E-state index contributed by atoms with van der Waals surface area (Å²) in [6.45, 7) is 11.0. The molecule has 0 N–H and O–H groups in total. The molecule has 0 saturated carbocycles. The van der Waals surface area contributed by atoms with Crippen molar-refractivity contribution >= 4 is 0 Å². The summed E-state index contributed by atoms with van der Waals surface area (Å²) in [5.74, 6) is 0.518. The van der Waals surface area contributed by atoms with E-state index >= 15 is 0 Å². The SMILES string of the molecule is CC(C)c1cnncc1C(C)(C)C. The van der Waals surface area contributed by atoms with E-state index in [0.717, 1.165) is 0 Å². The van der Waals surface area contributed by atoms with Crippen LogP contribution in [0.4, 0.5) is 0 Å². The van der Waals surface area contributed by atoms with Gasteiger partial charge in [0.2, 0.25) is 0 Å². The molecule has 0 unspecified atom stereocenters. The predicted octanol–water partition coefficient (Wildman–Crippen LogP) is 2.90. The molecule has 0 aliphatic carbocycles. The van der Waals surface area contributed by atoms with E-state index in [2.05, 4.69) is 44.8 Å². The molecule has 2 heteroatoms. The Balaban J connectivity index is 3.20. The molecule has 0 bridgehead atoms. The summed E-state index contributed by atoms with van der Waals surface area (Å²) in [4.78, 5) is 0. The number of rotatable bonds is 1. The minimum Gasteiger partial charge on any atom is -0.159 e. The van der Waals surface area contributed by atoms with Crippen molar-refractivity contribution < 1.29 is 0 Å². The monoisotopic (exact) mass is 178 g/mol. The normalized spacial score (nSPS) is 12.2. The summed E-state index contributed by atoms with van der Waals surface area (Å²) < 4.78 is 0. The van der Waals surface area contributed by atoms with E-state index in [1.165, 1.54) is 11.1 Å². The molecule has 0 atom stereocenters. The van der Waals surface area contributed by atoms with Gasteiger partial charge in [0.25, 0.3) is 0 Å². The summed E-state index contributed by atoms with van der Waals surface area (Å²) in [5.41, 5.74) is 2.77. The van der Waals surface area contributed by atoms with E-state index in [0.29, 0.717) is 5.92 Å². The van der Waals surface area contributed by atoms with Gasteiger partial charge in [-0.15, -0.1) is 0 Å². The highest BCUT2D eigenvalue weighted by Crippen LogP contribution is 2.28. The maximum absolute atomic E-state index is 3.94. The topological polar surface area (TPSA) is 25.8 Å². The zero-order valence-electron chi connectivity index (χ0n) is 9.13. The molecule has 0 spiro atoms. The minimum absolute atomic E-state index is 0.162. The van der Waals surface area contributed by atoms with Crippen LogP contribution in [0, 0.1) is 0 Å². The molecule has 0 aromatic carbocycles. The Morgan fingerprint density at radius 3 is 2.00 bits per heavy atom. The second-order valence-corrected chi connectivity index (χ2v) is 4.76. The molecule has 13 heavy (non-hydrogen) atoms. The highest BCUT2D eigenvalue weighted by atomic mass is 15.1. The molecule has 1 aromatic rings. The fraction of sp³-hybridized carbons (Fsp3) is 0.636. The maximum atomic E-state index is 3.94. The second kappa shape index (κ2) is 3.44. The van der Waals surface area contributed by atoms with Gasteiger partial charge in [0.15, 0.2) is 0 Å². The molecule has 0 aliphatic heterocycles. The van der Waals surface area contributed by atoms with E-state index in [4.69, 9.17) is 0 Å². The number of nitrogens with zero attached hydrogens (tertiary/aromatic N) is 2. The molecule has 0 amide bonds. The fourth-order valence-electron chi connectivity index (χ4n) is 1.42. The summed E-state index contributed by atoms with van der Waals surface area (Å²) in [7, 11) is 0. The van der Waals surface area contributed by atoms with E-state index in [1.807, 2.05) is 12.4 Å². The molecule has 2 nitrogen and oxygen atoms in total. The van der Waals surface area contributed by atoms with E-state index < -0.39 is 0 Å². The largest absolute Gasteiger partial charge is 0.159 e. The van der Waals surface area contributed by atoms with Gasteiger partial charge in [-0.05, 0) is 22.5 Å². The summed E-state index contributed by atoms with van der Waals surface area (Å²) in [6.07, 6.45) is 3.76. The Morgan fingerprint density at radius 2 is 1.62 bits per heavy atom. The lowest BCUT2D eigenvalue weighted by Gasteiger charge is -2.23. The van der Waals surface area contributed by atoms with Crippen LogP contribution in [0.1, 0.15) is 51.7 Å². The molecule has 1 heterocycles. The van der Waals surface area contributed by atoms with Crippen LogP contribution in [-0.4, -0.2) is 10.2 Å². The first-order valence-electron chi connectivity index (χ1n) is 4.74. The van der Waals surface area contributed by atoms with E-state index in [9.17, 15) is 0 Å². The van der Waals surface area contributed by atoms with Crippen LogP contribution in [0.15, 0.2) is 12.4 Å². The third-order valence-electron chi connectivity index (χ3n) is 2.19. The van der Waals surface area contributed by atoms with Gasteiger partial charge in [0, 0.05) is 0 Å². The van der Waals surface area contributed by atoms with Crippen LogP contribution in [0.3, 0.4) is 0 Å².